The van der Waals surface area contributed by atoms with Crippen LogP contribution < -0.4 is 10.6 Å². The Morgan fingerprint density at radius 2 is 1.55 bits per heavy atom. The van der Waals surface area contributed by atoms with Crippen LogP contribution in [0.1, 0.15) is 65.1 Å². The lowest BCUT2D eigenvalue weighted by molar-refractivity contribution is -0.131. The number of allylic oxidation sites excluding steroid dienone is 1. The van der Waals surface area contributed by atoms with Crippen molar-refractivity contribution < 1.29 is 14.4 Å². The highest BCUT2D eigenvalue weighted by molar-refractivity contribution is 6.08. The topological polar surface area (TPSA) is 106 Å². The third kappa shape index (κ3) is 6.11. The number of carbonyl (C=O) groups is 3. The SMILES string of the molecule is CN/C=C(\C=N)c1ccc(C2CCN(C(=O)c3ccc(C)c(NC(=O)C4CCN(C(=O)C5CC5)C4)c3)CC2)cc1. The third-order valence-corrected chi connectivity index (χ3v) is 8.49. The minimum atomic E-state index is -0.217. The van der Waals surface area contributed by atoms with Crippen LogP contribution in [0.15, 0.2) is 48.7 Å². The summed E-state index contributed by atoms with van der Waals surface area (Å²) >= 11 is 0. The van der Waals surface area contributed by atoms with Gasteiger partial charge in [0.1, 0.15) is 0 Å². The average Bonchev–Trinajstić information content (AvgIpc) is 3.72. The second kappa shape index (κ2) is 12.1. The third-order valence-electron chi connectivity index (χ3n) is 8.49. The standard InChI is InChI=1S/C32H39N5O3/c1-21-3-4-26(17-29(21)35-30(38)27-13-16-37(20-27)31(39)25-9-10-25)32(40)36-14-11-24(12-15-36)22-5-7-23(8-6-22)28(18-33)19-34-2/h3-8,17-19,24-25,27,33-34H,9-16,20H2,1-2H3,(H,35,38)/b28-19+,33-18?. The first-order valence-corrected chi connectivity index (χ1v) is 14.4. The highest BCUT2D eigenvalue weighted by Crippen LogP contribution is 2.33. The minimum absolute atomic E-state index is 0.0146. The second-order valence-electron chi connectivity index (χ2n) is 11.3. The zero-order valence-electron chi connectivity index (χ0n) is 23.4. The number of hydrogen-bond acceptors (Lipinski definition) is 5. The molecule has 2 aliphatic heterocycles. The van der Waals surface area contributed by atoms with E-state index in [1.807, 2.05) is 42.1 Å². The average molecular weight is 542 g/mol. The fourth-order valence-corrected chi connectivity index (χ4v) is 5.80. The first-order valence-electron chi connectivity index (χ1n) is 14.4. The number of amides is 3. The highest BCUT2D eigenvalue weighted by atomic mass is 16.2. The largest absolute Gasteiger partial charge is 0.393 e. The number of aryl methyl sites for hydroxylation is 1. The molecule has 3 aliphatic rings. The van der Waals surface area contributed by atoms with E-state index in [9.17, 15) is 14.4 Å². The Morgan fingerprint density at radius 3 is 2.20 bits per heavy atom. The first-order chi connectivity index (χ1) is 19.4. The molecule has 2 heterocycles. The molecule has 0 radical (unpaired) electrons. The molecule has 3 amide bonds. The maximum absolute atomic E-state index is 13.4. The lowest BCUT2D eigenvalue weighted by atomic mass is 9.88. The van der Waals surface area contributed by atoms with Gasteiger partial charge in [0.2, 0.25) is 11.8 Å². The summed E-state index contributed by atoms with van der Waals surface area (Å²) in [4.78, 5) is 42.5. The van der Waals surface area contributed by atoms with Crippen molar-refractivity contribution >= 4 is 35.2 Å². The summed E-state index contributed by atoms with van der Waals surface area (Å²) in [6.45, 7) is 4.41. The molecule has 2 saturated heterocycles. The zero-order chi connectivity index (χ0) is 28.2. The molecule has 0 bridgehead atoms. The fraction of sp³-hybridized carbons (Fsp3) is 0.438. The summed E-state index contributed by atoms with van der Waals surface area (Å²) in [6.07, 6.45) is 7.56. The minimum Gasteiger partial charge on any atom is -0.393 e. The Balaban J connectivity index is 1.17. The van der Waals surface area contributed by atoms with Crippen LogP contribution in [0.5, 0.6) is 0 Å². The van der Waals surface area contributed by atoms with Crippen LogP contribution in [0.2, 0.25) is 0 Å². The summed E-state index contributed by atoms with van der Waals surface area (Å²) in [5.41, 5.74) is 5.24. The molecule has 210 valence electrons. The van der Waals surface area contributed by atoms with Gasteiger partial charge in [-0.15, -0.1) is 0 Å². The van der Waals surface area contributed by atoms with Crippen LogP contribution in [-0.2, 0) is 9.59 Å². The van der Waals surface area contributed by atoms with E-state index in [1.165, 1.54) is 11.8 Å². The van der Waals surface area contributed by atoms with Gasteiger partial charge in [0.05, 0.1) is 5.92 Å². The Morgan fingerprint density at radius 1 is 0.875 bits per heavy atom. The van der Waals surface area contributed by atoms with Gasteiger partial charge in [-0.25, -0.2) is 0 Å². The molecule has 0 aromatic heterocycles. The summed E-state index contributed by atoms with van der Waals surface area (Å²) in [7, 11) is 1.82. The van der Waals surface area contributed by atoms with Crippen molar-refractivity contribution in [3.8, 4) is 0 Å². The first kappa shape index (κ1) is 27.6. The van der Waals surface area contributed by atoms with E-state index in [4.69, 9.17) is 5.41 Å². The second-order valence-corrected chi connectivity index (χ2v) is 11.3. The molecule has 8 nitrogen and oxygen atoms in total. The van der Waals surface area contributed by atoms with Gasteiger partial charge in [0, 0.05) is 68.4 Å². The lowest BCUT2D eigenvalue weighted by Gasteiger charge is -2.32. The molecule has 40 heavy (non-hydrogen) atoms. The van der Waals surface area contributed by atoms with Crippen LogP contribution in [0.3, 0.4) is 0 Å². The molecular weight excluding hydrogens is 502 g/mol. The van der Waals surface area contributed by atoms with Crippen molar-refractivity contribution in [1.82, 2.24) is 15.1 Å². The van der Waals surface area contributed by atoms with Crippen LogP contribution in [-0.4, -0.2) is 67.0 Å². The van der Waals surface area contributed by atoms with Gasteiger partial charge in [-0.05, 0) is 73.8 Å². The molecule has 8 heteroatoms. The highest BCUT2D eigenvalue weighted by Gasteiger charge is 2.38. The van der Waals surface area contributed by atoms with Crippen molar-refractivity contribution in [3.63, 3.8) is 0 Å². The van der Waals surface area contributed by atoms with Crippen LogP contribution in [0.25, 0.3) is 5.57 Å². The number of rotatable bonds is 8. The van der Waals surface area contributed by atoms with Crippen LogP contribution in [0.4, 0.5) is 5.69 Å². The molecule has 2 aromatic carbocycles. The van der Waals surface area contributed by atoms with Gasteiger partial charge >= 0.3 is 0 Å². The number of carbonyl (C=O) groups excluding carboxylic acids is 3. The van der Waals surface area contributed by atoms with E-state index in [0.29, 0.717) is 49.8 Å². The maximum Gasteiger partial charge on any atom is 0.253 e. The predicted octanol–water partition coefficient (Wildman–Crippen LogP) is 4.42. The molecule has 0 spiro atoms. The zero-order valence-corrected chi connectivity index (χ0v) is 23.4. The van der Waals surface area contributed by atoms with Crippen molar-refractivity contribution in [2.24, 2.45) is 11.8 Å². The number of hydrogen-bond donors (Lipinski definition) is 3. The van der Waals surface area contributed by atoms with Gasteiger partial charge in [0.15, 0.2) is 0 Å². The van der Waals surface area contributed by atoms with Crippen LogP contribution in [0, 0.1) is 24.2 Å². The predicted molar refractivity (Wildman–Crippen MR) is 157 cm³/mol. The van der Waals surface area contributed by atoms with Gasteiger partial charge in [0.25, 0.3) is 5.91 Å². The van der Waals surface area contributed by atoms with Crippen molar-refractivity contribution in [3.05, 3.63) is 70.9 Å². The van der Waals surface area contributed by atoms with Crippen molar-refractivity contribution in [2.75, 3.05) is 38.5 Å². The molecule has 1 saturated carbocycles. The Kier molecular flexibility index (Phi) is 8.33. The molecule has 1 aliphatic carbocycles. The van der Waals surface area contributed by atoms with E-state index in [1.54, 1.807) is 6.07 Å². The lowest BCUT2D eigenvalue weighted by Crippen LogP contribution is -2.38. The van der Waals surface area contributed by atoms with E-state index in [2.05, 4.69) is 34.9 Å². The van der Waals surface area contributed by atoms with Crippen molar-refractivity contribution in [1.29, 1.82) is 5.41 Å². The van der Waals surface area contributed by atoms with Gasteiger partial charge < -0.3 is 25.8 Å². The molecule has 5 rings (SSSR count). The number of nitrogens with zero attached hydrogens (tertiary/aromatic N) is 2. The summed E-state index contributed by atoms with van der Waals surface area (Å²) < 4.78 is 0. The quantitative estimate of drug-likeness (QED) is 0.430. The van der Waals surface area contributed by atoms with Crippen LogP contribution >= 0.6 is 0 Å². The van der Waals surface area contributed by atoms with Crippen molar-refractivity contribution in [2.45, 2.75) is 44.9 Å². The normalized spacial score (nSPS) is 19.9. The Bertz CT molecular complexity index is 1310. The monoisotopic (exact) mass is 541 g/mol. The summed E-state index contributed by atoms with van der Waals surface area (Å²) in [5, 5.41) is 13.6. The van der Waals surface area contributed by atoms with E-state index in [-0.39, 0.29) is 29.6 Å². The Hall–Kier alpha value is -3.94. The molecule has 3 N–H and O–H groups in total. The molecular formula is C32H39N5O3. The fourth-order valence-electron chi connectivity index (χ4n) is 5.80. The number of anilines is 1. The maximum atomic E-state index is 13.4. The number of nitrogens with one attached hydrogen (secondary N) is 3. The molecule has 1 atom stereocenters. The molecule has 2 aromatic rings. The number of piperidine rings is 1. The van der Waals surface area contributed by atoms with E-state index in [0.717, 1.165) is 42.4 Å². The van der Waals surface area contributed by atoms with E-state index >= 15 is 0 Å². The summed E-state index contributed by atoms with van der Waals surface area (Å²) in [5.74, 6) is 0.438. The number of likely N-dealkylation sites (tertiary alicyclic amines) is 2. The molecule has 1 unspecified atom stereocenters. The Labute approximate surface area is 236 Å². The van der Waals surface area contributed by atoms with Gasteiger partial charge in [-0.2, -0.15) is 0 Å². The smallest absolute Gasteiger partial charge is 0.253 e. The van der Waals surface area contributed by atoms with E-state index < -0.39 is 0 Å². The van der Waals surface area contributed by atoms with Gasteiger partial charge in [-0.1, -0.05) is 30.3 Å². The van der Waals surface area contributed by atoms with Gasteiger partial charge in [-0.3, -0.25) is 14.4 Å². The summed E-state index contributed by atoms with van der Waals surface area (Å²) in [6, 6.07) is 13.9. The number of benzene rings is 2. The molecule has 3 fully saturated rings.